The van der Waals surface area contributed by atoms with Crippen LogP contribution in [-0.2, 0) is 9.53 Å². The summed E-state index contributed by atoms with van der Waals surface area (Å²) in [7, 11) is 1.31. The van der Waals surface area contributed by atoms with E-state index in [0.29, 0.717) is 51.2 Å². The molecule has 0 spiro atoms. The molecule has 4 saturated carbocycles. The predicted octanol–water partition coefficient (Wildman–Crippen LogP) is 5.65. The highest BCUT2D eigenvalue weighted by atomic mass is 32.1. The van der Waals surface area contributed by atoms with E-state index >= 15 is 0 Å². The molecule has 186 valence electrons. The normalized spacial score (nSPS) is 26.3. The largest absolute Gasteiger partial charge is 0.492 e. The maximum atomic E-state index is 13.7. The fourth-order valence-electron chi connectivity index (χ4n) is 6.82. The molecule has 4 aliphatic rings. The second kappa shape index (κ2) is 9.30. The third-order valence-electron chi connectivity index (χ3n) is 7.92. The van der Waals surface area contributed by atoms with E-state index in [1.807, 2.05) is 19.1 Å². The summed E-state index contributed by atoms with van der Waals surface area (Å²) >= 11 is 1.12. The van der Waals surface area contributed by atoms with Gasteiger partial charge in [-0.1, -0.05) is 12.1 Å². The minimum atomic E-state index is -0.562. The van der Waals surface area contributed by atoms with Crippen LogP contribution in [0.1, 0.15) is 71.0 Å². The summed E-state index contributed by atoms with van der Waals surface area (Å²) in [6.45, 7) is 4.06. The average molecular weight is 497 g/mol. The van der Waals surface area contributed by atoms with Crippen LogP contribution >= 0.6 is 11.3 Å². The third-order valence-corrected chi connectivity index (χ3v) is 9.13. The maximum absolute atomic E-state index is 13.7. The van der Waals surface area contributed by atoms with Gasteiger partial charge in [-0.25, -0.2) is 4.79 Å². The minimum Gasteiger partial charge on any atom is -0.492 e. The molecule has 1 heterocycles. The van der Waals surface area contributed by atoms with E-state index in [-0.39, 0.29) is 22.8 Å². The summed E-state index contributed by atoms with van der Waals surface area (Å²) in [6, 6.07) is 7.21. The zero-order valence-electron chi connectivity index (χ0n) is 20.4. The first-order chi connectivity index (χ1) is 16.8. The van der Waals surface area contributed by atoms with Gasteiger partial charge in [0.25, 0.3) is 5.91 Å². The summed E-state index contributed by atoms with van der Waals surface area (Å²) in [5.41, 5.74) is 0.928. The Balaban J connectivity index is 1.42. The van der Waals surface area contributed by atoms with Crippen LogP contribution in [0.15, 0.2) is 24.3 Å². The molecular formula is C27H32N2O5S. The number of thiophene rings is 1. The van der Waals surface area contributed by atoms with Crippen molar-refractivity contribution in [2.45, 2.75) is 52.4 Å². The van der Waals surface area contributed by atoms with Crippen molar-refractivity contribution in [3.05, 3.63) is 40.3 Å². The number of amides is 2. The van der Waals surface area contributed by atoms with E-state index in [1.165, 1.54) is 26.4 Å². The lowest BCUT2D eigenvalue weighted by Crippen LogP contribution is -2.51. The maximum Gasteiger partial charge on any atom is 0.341 e. The van der Waals surface area contributed by atoms with Crippen molar-refractivity contribution in [2.24, 2.45) is 23.2 Å². The number of benzene rings is 1. The highest BCUT2D eigenvalue weighted by Crippen LogP contribution is 2.60. The van der Waals surface area contributed by atoms with Crippen LogP contribution in [0.4, 0.5) is 10.7 Å². The second-order valence-electron chi connectivity index (χ2n) is 10.3. The van der Waals surface area contributed by atoms with Crippen LogP contribution in [0, 0.1) is 30.1 Å². The SMILES string of the molecule is CCOc1ccccc1NC(=O)c1sc(NC(=O)C23CC4CC(CC(C4)C2)C3)c(C(=O)OC)c1C. The number of anilines is 2. The van der Waals surface area contributed by atoms with Gasteiger partial charge in [0.1, 0.15) is 10.8 Å². The van der Waals surface area contributed by atoms with Gasteiger partial charge in [-0.2, -0.15) is 0 Å². The van der Waals surface area contributed by atoms with Gasteiger partial charge in [0.2, 0.25) is 5.91 Å². The molecule has 2 N–H and O–H groups in total. The number of rotatable bonds is 7. The Morgan fingerprint density at radius 2 is 1.66 bits per heavy atom. The van der Waals surface area contributed by atoms with Gasteiger partial charge in [-0.3, -0.25) is 9.59 Å². The van der Waals surface area contributed by atoms with Gasteiger partial charge < -0.3 is 20.1 Å². The number of nitrogens with one attached hydrogen (secondary N) is 2. The van der Waals surface area contributed by atoms with E-state index in [0.717, 1.165) is 30.6 Å². The topological polar surface area (TPSA) is 93.7 Å². The third kappa shape index (κ3) is 4.33. The Hall–Kier alpha value is -2.87. The van der Waals surface area contributed by atoms with Gasteiger partial charge in [0, 0.05) is 0 Å². The number of carbonyl (C=O) groups is 3. The molecule has 0 saturated heterocycles. The lowest BCUT2D eigenvalue weighted by molar-refractivity contribution is -0.140. The van der Waals surface area contributed by atoms with Gasteiger partial charge in [-0.05, 0) is 87.8 Å². The highest BCUT2D eigenvalue weighted by Gasteiger charge is 2.54. The number of methoxy groups -OCH3 is 1. The molecule has 0 aliphatic heterocycles. The lowest BCUT2D eigenvalue weighted by Gasteiger charge is -2.55. The number of esters is 1. The van der Waals surface area contributed by atoms with Crippen molar-refractivity contribution < 1.29 is 23.9 Å². The molecule has 2 aromatic rings. The van der Waals surface area contributed by atoms with Crippen molar-refractivity contribution in [2.75, 3.05) is 24.4 Å². The average Bonchev–Trinajstić information content (AvgIpc) is 3.15. The zero-order valence-corrected chi connectivity index (χ0v) is 21.3. The summed E-state index contributed by atoms with van der Waals surface area (Å²) in [6.07, 6.45) is 6.49. The molecule has 35 heavy (non-hydrogen) atoms. The quantitative estimate of drug-likeness (QED) is 0.483. The molecule has 0 radical (unpaired) electrons. The van der Waals surface area contributed by atoms with Crippen LogP contribution in [-0.4, -0.2) is 31.5 Å². The highest BCUT2D eigenvalue weighted by molar-refractivity contribution is 7.19. The van der Waals surface area contributed by atoms with E-state index in [1.54, 1.807) is 19.1 Å². The fourth-order valence-corrected chi connectivity index (χ4v) is 7.91. The predicted molar refractivity (Wildman–Crippen MR) is 135 cm³/mol. The second-order valence-corrected chi connectivity index (χ2v) is 11.3. The molecular weight excluding hydrogens is 464 g/mol. The van der Waals surface area contributed by atoms with Gasteiger partial charge in [0.15, 0.2) is 0 Å². The Labute approximate surface area is 209 Å². The molecule has 4 aliphatic carbocycles. The number of hydrogen-bond acceptors (Lipinski definition) is 6. The van der Waals surface area contributed by atoms with Crippen LogP contribution in [0.5, 0.6) is 5.75 Å². The molecule has 2 amide bonds. The lowest BCUT2D eigenvalue weighted by atomic mass is 9.49. The van der Waals surface area contributed by atoms with Crippen LogP contribution in [0.3, 0.4) is 0 Å². The van der Waals surface area contributed by atoms with E-state index in [9.17, 15) is 14.4 Å². The fraction of sp³-hybridized carbons (Fsp3) is 0.519. The molecule has 7 nitrogen and oxygen atoms in total. The first-order valence-corrected chi connectivity index (χ1v) is 13.2. The van der Waals surface area contributed by atoms with Crippen LogP contribution < -0.4 is 15.4 Å². The van der Waals surface area contributed by atoms with Crippen molar-refractivity contribution in [1.82, 2.24) is 0 Å². The van der Waals surface area contributed by atoms with Crippen molar-refractivity contribution in [3.63, 3.8) is 0 Å². The Morgan fingerprint density at radius 1 is 1.03 bits per heavy atom. The molecule has 8 heteroatoms. The molecule has 4 bridgehead atoms. The van der Waals surface area contributed by atoms with E-state index in [2.05, 4.69) is 10.6 Å². The Morgan fingerprint density at radius 3 is 2.26 bits per heavy atom. The summed E-state index contributed by atoms with van der Waals surface area (Å²) < 4.78 is 10.6. The van der Waals surface area contributed by atoms with Crippen molar-refractivity contribution >= 4 is 39.8 Å². The molecule has 1 aromatic carbocycles. The monoisotopic (exact) mass is 496 g/mol. The minimum absolute atomic E-state index is 0.0170. The first kappa shape index (κ1) is 23.9. The Bertz CT molecular complexity index is 1140. The number of carbonyl (C=O) groups excluding carboxylic acids is 3. The number of hydrogen-bond donors (Lipinski definition) is 2. The van der Waals surface area contributed by atoms with Crippen molar-refractivity contribution in [3.8, 4) is 5.75 Å². The van der Waals surface area contributed by atoms with Crippen molar-refractivity contribution in [1.29, 1.82) is 0 Å². The molecule has 1 aromatic heterocycles. The standard InChI is InChI=1S/C27H32N2O5S/c1-4-34-20-8-6-5-7-19(20)28-23(30)22-15(2)21(25(31)33-3)24(35-22)29-26(32)27-12-16-9-17(13-27)11-18(10-16)14-27/h5-8,16-18H,4,9-14H2,1-3H3,(H,28,30)(H,29,32). The van der Waals surface area contributed by atoms with E-state index in [4.69, 9.17) is 9.47 Å². The summed E-state index contributed by atoms with van der Waals surface area (Å²) in [5, 5.41) is 6.35. The summed E-state index contributed by atoms with van der Waals surface area (Å²) in [5.74, 6) is 1.52. The smallest absolute Gasteiger partial charge is 0.341 e. The number of para-hydroxylation sites is 2. The molecule has 6 rings (SSSR count). The molecule has 4 fully saturated rings. The van der Waals surface area contributed by atoms with Gasteiger partial charge >= 0.3 is 5.97 Å². The first-order valence-electron chi connectivity index (χ1n) is 12.4. The summed E-state index contributed by atoms with van der Waals surface area (Å²) in [4.78, 5) is 40.0. The molecule has 0 unspecified atom stereocenters. The zero-order chi connectivity index (χ0) is 24.7. The van der Waals surface area contributed by atoms with E-state index < -0.39 is 5.97 Å². The van der Waals surface area contributed by atoms with Crippen LogP contribution in [0.25, 0.3) is 0 Å². The van der Waals surface area contributed by atoms with Gasteiger partial charge in [0.05, 0.1) is 35.3 Å². The molecule has 0 atom stereocenters. The van der Waals surface area contributed by atoms with Gasteiger partial charge in [-0.15, -0.1) is 11.3 Å². The van der Waals surface area contributed by atoms with Crippen LogP contribution in [0.2, 0.25) is 0 Å². The number of ether oxygens (including phenoxy) is 2. The Kier molecular flexibility index (Phi) is 6.34.